The number of ether oxygens (including phenoxy) is 2. The number of hydrogen-bond donors (Lipinski definition) is 1. The molecule has 0 saturated heterocycles. The molecule has 0 saturated carbocycles. The van der Waals surface area contributed by atoms with Gasteiger partial charge in [0.15, 0.2) is 0 Å². The highest BCUT2D eigenvalue weighted by Crippen LogP contribution is 2.22. The van der Waals surface area contributed by atoms with Crippen molar-refractivity contribution in [2.75, 3.05) is 26.9 Å². The molecule has 0 fully saturated rings. The molecule has 0 radical (unpaired) electrons. The van der Waals surface area contributed by atoms with E-state index in [0.717, 1.165) is 0 Å². The van der Waals surface area contributed by atoms with Gasteiger partial charge in [-0.05, 0) is 12.8 Å². The zero-order chi connectivity index (χ0) is 11.7. The molecule has 0 aliphatic rings. The molecule has 0 spiro atoms. The summed E-state index contributed by atoms with van der Waals surface area (Å²) in [5.74, 6) is 0. The van der Waals surface area contributed by atoms with E-state index >= 15 is 0 Å². The Bertz CT molecular complexity index is 153. The van der Waals surface area contributed by atoms with Crippen LogP contribution in [0.1, 0.15) is 19.3 Å². The van der Waals surface area contributed by atoms with Gasteiger partial charge in [0.1, 0.15) is 0 Å². The Morgan fingerprint density at radius 2 is 1.80 bits per heavy atom. The standard InChI is InChI=1S/C9H18F3NO2/c1-14-6-7-15-5-3-8(13)2-4-9(10,11)12/h8H,2-7,13H2,1H3. The van der Waals surface area contributed by atoms with Crippen LogP contribution < -0.4 is 5.73 Å². The Labute approximate surface area is 87.7 Å². The number of rotatable bonds is 8. The minimum atomic E-state index is -4.12. The van der Waals surface area contributed by atoms with Crippen LogP contribution in [0, 0.1) is 0 Å². The zero-order valence-corrected chi connectivity index (χ0v) is 8.85. The largest absolute Gasteiger partial charge is 0.389 e. The lowest BCUT2D eigenvalue weighted by molar-refractivity contribution is -0.136. The summed E-state index contributed by atoms with van der Waals surface area (Å²) in [6.07, 6.45) is -4.54. The van der Waals surface area contributed by atoms with Crippen LogP contribution in [-0.4, -0.2) is 39.1 Å². The molecule has 15 heavy (non-hydrogen) atoms. The molecule has 0 aromatic carbocycles. The second-order valence-corrected chi connectivity index (χ2v) is 3.31. The normalized spacial score (nSPS) is 14.2. The Hall–Kier alpha value is -0.330. The highest BCUT2D eigenvalue weighted by molar-refractivity contribution is 4.63. The van der Waals surface area contributed by atoms with E-state index in [1.165, 1.54) is 0 Å². The molecule has 3 nitrogen and oxygen atoms in total. The third kappa shape index (κ3) is 11.6. The summed E-state index contributed by atoms with van der Waals surface area (Å²) in [4.78, 5) is 0. The summed E-state index contributed by atoms with van der Waals surface area (Å²) in [5.41, 5.74) is 5.48. The first-order valence-electron chi connectivity index (χ1n) is 4.84. The maximum Gasteiger partial charge on any atom is 0.389 e. The second kappa shape index (κ2) is 7.90. The molecule has 0 aliphatic heterocycles. The first-order valence-corrected chi connectivity index (χ1v) is 4.84. The van der Waals surface area contributed by atoms with Gasteiger partial charge in [-0.25, -0.2) is 0 Å². The molecular weight excluding hydrogens is 211 g/mol. The molecular formula is C9H18F3NO2. The number of alkyl halides is 3. The summed E-state index contributed by atoms with van der Waals surface area (Å²) in [5, 5.41) is 0. The smallest absolute Gasteiger partial charge is 0.382 e. The summed E-state index contributed by atoms with van der Waals surface area (Å²) in [6.45, 7) is 1.31. The molecule has 1 unspecified atom stereocenters. The SMILES string of the molecule is COCCOCCC(N)CCC(F)(F)F. The van der Waals surface area contributed by atoms with Gasteiger partial charge in [-0.15, -0.1) is 0 Å². The summed E-state index contributed by atoms with van der Waals surface area (Å²) in [6, 6.07) is -0.450. The van der Waals surface area contributed by atoms with Crippen molar-refractivity contribution in [1.82, 2.24) is 0 Å². The second-order valence-electron chi connectivity index (χ2n) is 3.31. The predicted molar refractivity (Wildman–Crippen MR) is 50.6 cm³/mol. The van der Waals surface area contributed by atoms with Gasteiger partial charge >= 0.3 is 6.18 Å². The molecule has 92 valence electrons. The summed E-state index contributed by atoms with van der Waals surface area (Å²) in [7, 11) is 1.55. The van der Waals surface area contributed by atoms with Crippen LogP contribution in [-0.2, 0) is 9.47 Å². The summed E-state index contributed by atoms with van der Waals surface area (Å²) < 4.78 is 45.2. The number of hydrogen-bond acceptors (Lipinski definition) is 3. The highest BCUT2D eigenvalue weighted by Gasteiger charge is 2.27. The van der Waals surface area contributed by atoms with Gasteiger partial charge in [-0.3, -0.25) is 0 Å². The van der Waals surface area contributed by atoms with Crippen LogP contribution in [0.2, 0.25) is 0 Å². The van der Waals surface area contributed by atoms with Gasteiger partial charge in [0.05, 0.1) is 13.2 Å². The van der Waals surface area contributed by atoms with Crippen LogP contribution in [0.4, 0.5) is 13.2 Å². The van der Waals surface area contributed by atoms with Gasteiger partial charge in [-0.2, -0.15) is 13.2 Å². The number of methoxy groups -OCH3 is 1. The quantitative estimate of drug-likeness (QED) is 0.644. The molecule has 0 aromatic heterocycles. The average molecular weight is 229 g/mol. The molecule has 2 N–H and O–H groups in total. The van der Waals surface area contributed by atoms with E-state index in [1.807, 2.05) is 0 Å². The molecule has 1 atom stereocenters. The van der Waals surface area contributed by atoms with Crippen molar-refractivity contribution < 1.29 is 22.6 Å². The van der Waals surface area contributed by atoms with Crippen LogP contribution in [0.3, 0.4) is 0 Å². The van der Waals surface area contributed by atoms with E-state index < -0.39 is 18.6 Å². The van der Waals surface area contributed by atoms with Crippen LogP contribution in [0.25, 0.3) is 0 Å². The maximum absolute atomic E-state index is 11.8. The topological polar surface area (TPSA) is 44.5 Å². The lowest BCUT2D eigenvalue weighted by atomic mass is 10.1. The van der Waals surface area contributed by atoms with Gasteiger partial charge in [-0.1, -0.05) is 0 Å². The molecule has 0 aliphatic carbocycles. The molecule has 0 aromatic rings. The molecule has 0 amide bonds. The summed E-state index contributed by atoms with van der Waals surface area (Å²) >= 11 is 0. The van der Waals surface area contributed by atoms with E-state index in [1.54, 1.807) is 7.11 Å². The first kappa shape index (κ1) is 14.7. The van der Waals surface area contributed by atoms with E-state index in [4.69, 9.17) is 15.2 Å². The third-order valence-corrected chi connectivity index (χ3v) is 1.86. The van der Waals surface area contributed by atoms with Crippen LogP contribution >= 0.6 is 0 Å². The van der Waals surface area contributed by atoms with E-state index in [0.29, 0.717) is 26.2 Å². The van der Waals surface area contributed by atoms with E-state index in [2.05, 4.69) is 0 Å². The Balaban J connectivity index is 3.30. The fraction of sp³-hybridized carbons (Fsp3) is 1.00. The monoisotopic (exact) mass is 229 g/mol. The van der Waals surface area contributed by atoms with Gasteiger partial charge < -0.3 is 15.2 Å². The van der Waals surface area contributed by atoms with Gasteiger partial charge in [0.2, 0.25) is 0 Å². The van der Waals surface area contributed by atoms with Crippen molar-refractivity contribution >= 4 is 0 Å². The van der Waals surface area contributed by atoms with Crippen molar-refractivity contribution in [2.24, 2.45) is 5.73 Å². The van der Waals surface area contributed by atoms with Crippen LogP contribution in [0.5, 0.6) is 0 Å². The lowest BCUT2D eigenvalue weighted by Gasteiger charge is -2.13. The number of nitrogens with two attached hydrogens (primary N) is 1. The Morgan fingerprint density at radius 1 is 1.13 bits per heavy atom. The minimum Gasteiger partial charge on any atom is -0.382 e. The Morgan fingerprint density at radius 3 is 2.33 bits per heavy atom. The van der Waals surface area contributed by atoms with Crippen molar-refractivity contribution in [2.45, 2.75) is 31.5 Å². The van der Waals surface area contributed by atoms with E-state index in [9.17, 15) is 13.2 Å². The molecule has 0 rings (SSSR count). The molecule has 0 heterocycles. The maximum atomic E-state index is 11.8. The van der Waals surface area contributed by atoms with Crippen molar-refractivity contribution in [1.29, 1.82) is 0 Å². The lowest BCUT2D eigenvalue weighted by Crippen LogP contribution is -2.24. The third-order valence-electron chi connectivity index (χ3n) is 1.86. The van der Waals surface area contributed by atoms with Gasteiger partial charge in [0, 0.05) is 26.2 Å². The van der Waals surface area contributed by atoms with Crippen molar-refractivity contribution in [3.63, 3.8) is 0 Å². The fourth-order valence-corrected chi connectivity index (χ4v) is 0.972. The Kier molecular flexibility index (Phi) is 7.72. The van der Waals surface area contributed by atoms with Crippen LogP contribution in [0.15, 0.2) is 0 Å². The van der Waals surface area contributed by atoms with Gasteiger partial charge in [0.25, 0.3) is 0 Å². The van der Waals surface area contributed by atoms with Crippen molar-refractivity contribution in [3.8, 4) is 0 Å². The highest BCUT2D eigenvalue weighted by atomic mass is 19.4. The minimum absolute atomic E-state index is 0.0445. The molecule has 0 bridgehead atoms. The molecule has 6 heteroatoms. The zero-order valence-electron chi connectivity index (χ0n) is 8.85. The van der Waals surface area contributed by atoms with Crippen molar-refractivity contribution in [3.05, 3.63) is 0 Å². The average Bonchev–Trinajstić information content (AvgIpc) is 2.13. The fourth-order valence-electron chi connectivity index (χ4n) is 0.972. The number of halogens is 3. The predicted octanol–water partition coefficient (Wildman–Crippen LogP) is 1.71. The first-order chi connectivity index (χ1) is 6.95. The van der Waals surface area contributed by atoms with E-state index in [-0.39, 0.29) is 6.42 Å².